The summed E-state index contributed by atoms with van der Waals surface area (Å²) >= 11 is 0. The Morgan fingerprint density at radius 2 is 2.05 bits per heavy atom. The second kappa shape index (κ2) is 7.23. The first kappa shape index (κ1) is 16.2. The zero-order chi connectivity index (χ0) is 16.0. The van der Waals surface area contributed by atoms with Gasteiger partial charge in [0.05, 0.1) is 12.6 Å². The molecular weight excluding hydrogens is 287 g/mol. The minimum absolute atomic E-state index is 0.0915. The Balaban J connectivity index is 1.89. The maximum atomic E-state index is 13.9. The molecular formula is C16H19FN2O3. The zero-order valence-corrected chi connectivity index (χ0v) is 12.2. The van der Waals surface area contributed by atoms with Crippen LogP contribution in [0.2, 0.25) is 0 Å². The van der Waals surface area contributed by atoms with Gasteiger partial charge in [0.1, 0.15) is 12.3 Å². The molecule has 6 heteroatoms. The number of ether oxygens (including phenoxy) is 1. The summed E-state index contributed by atoms with van der Waals surface area (Å²) in [6, 6.07) is 8.81. The number of carbonyl (C=O) groups excluding carboxylic acids is 1. The van der Waals surface area contributed by atoms with Gasteiger partial charge in [0.15, 0.2) is 6.19 Å². The monoisotopic (exact) mass is 306 g/mol. The van der Waals surface area contributed by atoms with Gasteiger partial charge in [-0.25, -0.2) is 14.1 Å². The predicted octanol–water partition coefficient (Wildman–Crippen LogP) is 2.75. The molecule has 1 aromatic rings. The summed E-state index contributed by atoms with van der Waals surface area (Å²) in [6.45, 7) is -0.432. The molecule has 0 bridgehead atoms. The number of nitrogens with zero attached hydrogens (tertiary/aromatic N) is 2. The number of hydrogen-bond donors (Lipinski definition) is 1. The van der Waals surface area contributed by atoms with Crippen molar-refractivity contribution in [3.8, 4) is 6.19 Å². The summed E-state index contributed by atoms with van der Waals surface area (Å²) in [6.07, 6.45) is 2.06. The third-order valence-corrected chi connectivity index (χ3v) is 4.01. The van der Waals surface area contributed by atoms with Crippen LogP contribution >= 0.6 is 0 Å². The average Bonchev–Trinajstić information content (AvgIpc) is 2.56. The molecule has 0 unspecified atom stereocenters. The predicted molar refractivity (Wildman–Crippen MR) is 77.3 cm³/mol. The molecule has 0 aliphatic heterocycles. The van der Waals surface area contributed by atoms with Crippen molar-refractivity contribution in [1.82, 2.24) is 4.90 Å². The normalized spacial score (nSPS) is 24.3. The second-order valence-corrected chi connectivity index (χ2v) is 5.55. The van der Waals surface area contributed by atoms with E-state index in [0.29, 0.717) is 12.8 Å². The molecule has 1 fully saturated rings. The maximum Gasteiger partial charge on any atom is 0.423 e. The number of carbonyl (C=O) groups is 1. The van der Waals surface area contributed by atoms with Gasteiger partial charge in [-0.15, -0.1) is 0 Å². The summed E-state index contributed by atoms with van der Waals surface area (Å²) in [5.41, 5.74) is -0.758. The molecule has 1 N–H and O–H groups in total. The van der Waals surface area contributed by atoms with E-state index in [1.165, 1.54) is 0 Å². The quantitative estimate of drug-likeness (QED) is 0.685. The molecule has 1 aromatic carbocycles. The average molecular weight is 306 g/mol. The molecule has 5 nitrogen and oxygen atoms in total. The molecule has 0 heterocycles. The van der Waals surface area contributed by atoms with Gasteiger partial charge in [0, 0.05) is 0 Å². The topological polar surface area (TPSA) is 73.6 Å². The molecule has 1 amide bonds. The van der Waals surface area contributed by atoms with E-state index in [-0.39, 0.29) is 25.5 Å². The molecule has 1 aliphatic rings. The fraction of sp³-hybridized carbons (Fsp3) is 0.500. The van der Waals surface area contributed by atoms with Crippen molar-refractivity contribution in [1.29, 1.82) is 5.26 Å². The molecule has 22 heavy (non-hydrogen) atoms. The van der Waals surface area contributed by atoms with Crippen LogP contribution in [0.5, 0.6) is 0 Å². The van der Waals surface area contributed by atoms with Crippen LogP contribution < -0.4 is 0 Å². The molecule has 0 radical (unpaired) electrons. The van der Waals surface area contributed by atoms with E-state index in [9.17, 15) is 9.18 Å². The number of aliphatic hydroxyl groups excluding tert-OH is 1. The summed E-state index contributed by atoms with van der Waals surface area (Å²) in [7, 11) is 0. The minimum Gasteiger partial charge on any atom is -0.444 e. The van der Waals surface area contributed by atoms with Crippen molar-refractivity contribution in [2.75, 3.05) is 6.61 Å². The number of halogens is 1. The third-order valence-electron chi connectivity index (χ3n) is 4.01. The lowest BCUT2D eigenvalue weighted by molar-refractivity contribution is 0.0144. The molecule has 1 saturated carbocycles. The summed E-state index contributed by atoms with van der Waals surface area (Å²) in [4.78, 5) is 13.0. The summed E-state index contributed by atoms with van der Waals surface area (Å²) < 4.78 is 19.1. The Labute approximate surface area is 128 Å². The van der Waals surface area contributed by atoms with Gasteiger partial charge in [-0.05, 0) is 31.2 Å². The van der Waals surface area contributed by atoms with Gasteiger partial charge >= 0.3 is 6.09 Å². The molecule has 0 aromatic heterocycles. The van der Waals surface area contributed by atoms with Gasteiger partial charge in [0.25, 0.3) is 0 Å². The van der Waals surface area contributed by atoms with Crippen LogP contribution in [0.25, 0.3) is 0 Å². The van der Waals surface area contributed by atoms with Crippen molar-refractivity contribution in [2.24, 2.45) is 0 Å². The highest BCUT2D eigenvalue weighted by atomic mass is 19.1. The number of hydrogen-bond acceptors (Lipinski definition) is 4. The maximum absolute atomic E-state index is 13.9. The molecule has 2 rings (SSSR count). The van der Waals surface area contributed by atoms with Crippen LogP contribution in [0.3, 0.4) is 0 Å². The fourth-order valence-corrected chi connectivity index (χ4v) is 2.60. The van der Waals surface area contributed by atoms with Crippen LogP contribution in [-0.2, 0) is 11.3 Å². The lowest BCUT2D eigenvalue weighted by atomic mass is 9.83. The lowest BCUT2D eigenvalue weighted by Gasteiger charge is -2.35. The van der Waals surface area contributed by atoms with E-state index in [0.717, 1.165) is 10.5 Å². The second-order valence-electron chi connectivity index (χ2n) is 5.55. The van der Waals surface area contributed by atoms with E-state index < -0.39 is 18.4 Å². The molecule has 118 valence electrons. The highest BCUT2D eigenvalue weighted by Crippen LogP contribution is 2.33. The van der Waals surface area contributed by atoms with Gasteiger partial charge in [-0.2, -0.15) is 5.26 Å². The van der Waals surface area contributed by atoms with Crippen LogP contribution in [0.15, 0.2) is 30.3 Å². The van der Waals surface area contributed by atoms with Gasteiger partial charge in [-0.1, -0.05) is 30.3 Å². The number of benzene rings is 1. The van der Waals surface area contributed by atoms with E-state index in [4.69, 9.17) is 15.1 Å². The van der Waals surface area contributed by atoms with E-state index in [1.807, 2.05) is 36.5 Å². The Morgan fingerprint density at radius 3 is 2.59 bits per heavy atom. The Bertz CT molecular complexity index is 536. The third kappa shape index (κ3) is 3.95. The zero-order valence-electron chi connectivity index (χ0n) is 12.2. The first-order chi connectivity index (χ1) is 10.6. The lowest BCUT2D eigenvalue weighted by Crippen LogP contribution is -2.44. The van der Waals surface area contributed by atoms with Crippen LogP contribution in [0.4, 0.5) is 9.18 Å². The number of alkyl halides is 1. The first-order valence-corrected chi connectivity index (χ1v) is 7.27. The molecule has 0 saturated heterocycles. The Morgan fingerprint density at radius 1 is 1.41 bits per heavy atom. The number of nitriles is 1. The summed E-state index contributed by atoms with van der Waals surface area (Å²) in [5.74, 6) is 0. The van der Waals surface area contributed by atoms with Gasteiger partial charge in [-0.3, -0.25) is 0 Å². The van der Waals surface area contributed by atoms with Gasteiger partial charge in [0.2, 0.25) is 0 Å². The number of amides is 1. The Hall–Kier alpha value is -2.13. The van der Waals surface area contributed by atoms with Gasteiger partial charge < -0.3 is 9.84 Å². The van der Waals surface area contributed by atoms with Crippen molar-refractivity contribution < 1.29 is 19.0 Å². The summed E-state index contributed by atoms with van der Waals surface area (Å²) in [5, 5.41) is 18.2. The van der Waals surface area contributed by atoms with Crippen LogP contribution in [0, 0.1) is 11.5 Å². The van der Waals surface area contributed by atoms with Crippen LogP contribution in [0.1, 0.15) is 31.2 Å². The molecule has 1 aliphatic carbocycles. The van der Waals surface area contributed by atoms with Crippen LogP contribution in [-0.4, -0.2) is 34.4 Å². The largest absolute Gasteiger partial charge is 0.444 e. The fourth-order valence-electron chi connectivity index (χ4n) is 2.60. The van der Waals surface area contributed by atoms with Crippen molar-refractivity contribution in [3.05, 3.63) is 35.9 Å². The number of rotatable bonds is 4. The van der Waals surface area contributed by atoms with Crippen molar-refractivity contribution in [3.63, 3.8) is 0 Å². The number of aliphatic hydroxyl groups is 1. The van der Waals surface area contributed by atoms with Crippen molar-refractivity contribution in [2.45, 2.75) is 44.0 Å². The highest BCUT2D eigenvalue weighted by molar-refractivity contribution is 5.70. The smallest absolute Gasteiger partial charge is 0.423 e. The standard InChI is InChI=1S/C16H19FN2O3/c17-16(11-20)8-6-14(7-9-16)19(12-18)15(21)22-10-13-4-2-1-3-5-13/h1-5,14,20H,6-11H2. The first-order valence-electron chi connectivity index (χ1n) is 7.27. The van der Waals surface area contributed by atoms with Crippen molar-refractivity contribution >= 4 is 6.09 Å². The SMILES string of the molecule is N#CN(C(=O)OCc1ccccc1)C1CCC(F)(CO)CC1. The Kier molecular flexibility index (Phi) is 5.34. The minimum atomic E-state index is -1.59. The molecule has 0 atom stereocenters. The van der Waals surface area contributed by atoms with E-state index >= 15 is 0 Å². The van der Waals surface area contributed by atoms with E-state index in [2.05, 4.69) is 0 Å². The highest BCUT2D eigenvalue weighted by Gasteiger charge is 2.38. The molecule has 0 spiro atoms. The van der Waals surface area contributed by atoms with E-state index in [1.54, 1.807) is 0 Å².